The van der Waals surface area contributed by atoms with Gasteiger partial charge in [0.15, 0.2) is 49.9 Å². The number of nitrogens with one attached hydrogen (secondary N) is 4. The third-order valence-electron chi connectivity index (χ3n) is 23.2. The molecule has 6 atom stereocenters. The van der Waals surface area contributed by atoms with E-state index in [4.69, 9.17) is 79.1 Å². The van der Waals surface area contributed by atoms with Crippen LogP contribution in [0.4, 0.5) is 11.5 Å². The Kier molecular flexibility index (Phi) is 68.5. The molecule has 1 aliphatic rings. The number of ether oxygens (including phenoxy) is 7. The Hall–Kier alpha value is -4.95. The van der Waals surface area contributed by atoms with E-state index in [0.717, 1.165) is 113 Å². The third-order valence-corrected chi connectivity index (χ3v) is 40.3. The van der Waals surface area contributed by atoms with Crippen LogP contribution in [-0.2, 0) is 95.3 Å². The summed E-state index contributed by atoms with van der Waals surface area (Å²) in [5, 5.41) is 101. The molecule has 790 valence electrons. The lowest BCUT2D eigenvalue weighted by atomic mass is 9.79. The van der Waals surface area contributed by atoms with Crippen molar-refractivity contribution in [3.63, 3.8) is 0 Å². The smallest absolute Gasteiger partial charge is 0.423 e. The highest BCUT2D eigenvalue weighted by atomic mass is 32.2. The molecule has 1 fully saturated rings. The zero-order valence-corrected chi connectivity index (χ0v) is 94.5. The van der Waals surface area contributed by atoms with Gasteiger partial charge in [-0.15, -0.1) is 11.8 Å². The Balaban J connectivity index is 0.000000567. The highest BCUT2D eigenvalue weighted by Crippen LogP contribution is 2.37. The Morgan fingerprint density at radius 2 is 0.748 bits per heavy atom. The Labute approximate surface area is 843 Å². The molecule has 6 aromatic rings. The predicted octanol–water partition coefficient (Wildman–Crippen LogP) is 12.2. The second-order valence-electron chi connectivity index (χ2n) is 39.0. The van der Waals surface area contributed by atoms with Gasteiger partial charge < -0.3 is 131 Å². The third kappa shape index (κ3) is 66.0. The Morgan fingerprint density at radius 3 is 1.08 bits per heavy atom. The van der Waals surface area contributed by atoms with E-state index in [1.807, 2.05) is 72.8 Å². The van der Waals surface area contributed by atoms with E-state index in [2.05, 4.69) is 155 Å². The molecule has 0 saturated carbocycles. The second kappa shape index (κ2) is 73.2. The van der Waals surface area contributed by atoms with Gasteiger partial charge in [0.05, 0.1) is 105 Å². The summed E-state index contributed by atoms with van der Waals surface area (Å²) in [5.74, 6) is 1.37. The topological polar surface area (TPSA) is 430 Å². The molecule has 3 aromatic carbocycles. The Morgan fingerprint density at radius 1 is 0.410 bits per heavy atom. The fourth-order valence-corrected chi connectivity index (χ4v) is 20.4. The summed E-state index contributed by atoms with van der Waals surface area (Å²) < 4.78 is 83.5. The van der Waals surface area contributed by atoms with Crippen molar-refractivity contribution in [1.29, 1.82) is 0 Å². The van der Waals surface area contributed by atoms with E-state index in [9.17, 15) is 40.8 Å². The summed E-state index contributed by atoms with van der Waals surface area (Å²) in [6.07, 6.45) is 9.57. The highest BCUT2D eigenvalue weighted by Gasteiger charge is 2.51. The molecule has 4 heterocycles. The molecule has 33 nitrogen and oxygen atoms in total. The van der Waals surface area contributed by atoms with Crippen molar-refractivity contribution in [3.8, 4) is 0 Å². The maximum absolute atomic E-state index is 10.6. The van der Waals surface area contributed by atoms with Crippen molar-refractivity contribution in [2.24, 2.45) is 0 Å². The van der Waals surface area contributed by atoms with Gasteiger partial charge in [-0.25, -0.2) is 9.97 Å². The number of pyridine rings is 3. The van der Waals surface area contributed by atoms with E-state index >= 15 is 0 Å². The first-order chi connectivity index (χ1) is 65.7. The van der Waals surface area contributed by atoms with E-state index in [1.165, 1.54) is 12.1 Å². The summed E-state index contributed by atoms with van der Waals surface area (Å²) in [4.78, 5) is 22.5. The number of anilines is 1. The molecule has 0 spiro atoms. The van der Waals surface area contributed by atoms with Crippen LogP contribution in [0, 0.1) is 10.1 Å². The Bertz CT molecular complexity index is 3930. The number of hydrogen-bond donors (Lipinski definition) is 12. The van der Waals surface area contributed by atoms with Crippen LogP contribution < -0.4 is 32.2 Å². The van der Waals surface area contributed by atoms with Crippen molar-refractivity contribution in [3.05, 3.63) is 178 Å². The first kappa shape index (κ1) is 130. The number of hydrogen-bond acceptors (Lipinski definition) is 33. The molecule has 0 aliphatic carbocycles. The second-order valence-corrected chi connectivity index (χ2v) is 66.6. The highest BCUT2D eigenvalue weighted by molar-refractivity contribution is 7.99. The summed E-state index contributed by atoms with van der Waals surface area (Å²) in [7, 11) is -0.111. The maximum atomic E-state index is 10.6. The number of nitrogens with zero attached hydrogens (tertiary/aromatic N) is 4. The van der Waals surface area contributed by atoms with Crippen LogP contribution in [0.15, 0.2) is 151 Å². The molecule has 42 heteroatoms. The monoisotopic (exact) mass is 2080 g/mol. The number of rotatable bonds is 67. The lowest BCUT2D eigenvalue weighted by Gasteiger charge is -2.32. The van der Waals surface area contributed by atoms with E-state index < -0.39 is 98.6 Å². The number of non-ortho nitro benzene ring substituents is 1. The van der Waals surface area contributed by atoms with Crippen molar-refractivity contribution < 1.29 is 115 Å². The number of benzene rings is 3. The van der Waals surface area contributed by atoms with Gasteiger partial charge in [-0.05, 0) is 245 Å². The van der Waals surface area contributed by atoms with Crippen LogP contribution in [0.25, 0.3) is 0 Å². The molecule has 3 aromatic heterocycles. The van der Waals surface area contributed by atoms with Gasteiger partial charge in [0.25, 0.3) is 5.69 Å². The fraction of sp³-hybridized carbons (Fsp3) is 0.660. The molecule has 1 aliphatic heterocycles. The van der Waals surface area contributed by atoms with Gasteiger partial charge in [-0.2, -0.15) is 0 Å². The number of aliphatic hydroxyl groups excluding tert-OH is 6. The van der Waals surface area contributed by atoms with Gasteiger partial charge >= 0.3 is 14.2 Å². The molecule has 139 heavy (non-hydrogen) atoms. The first-order valence-electron chi connectivity index (χ1n) is 48.5. The van der Waals surface area contributed by atoms with Gasteiger partial charge in [0.1, 0.15) is 11.9 Å². The van der Waals surface area contributed by atoms with Crippen LogP contribution in [0.3, 0.4) is 0 Å². The molecular formula is C97H176B2N8O25SSi6. The van der Waals surface area contributed by atoms with Gasteiger partial charge in [0.2, 0.25) is 0 Å². The van der Waals surface area contributed by atoms with Crippen LogP contribution in [0.5, 0.6) is 0 Å². The zero-order valence-electron chi connectivity index (χ0n) is 87.7. The van der Waals surface area contributed by atoms with Crippen molar-refractivity contribution in [1.82, 2.24) is 30.9 Å². The molecule has 0 bridgehead atoms. The number of nitro groups is 1. The number of thioether (sulfide) groups is 1. The standard InChI is InChI=1S/C22H40BNO5Si.C16H30BNO5Si.C16H28N2O5Si.C15H27NO4Si.C14H26N2O3Si.C14H25NO3SSi/c1-21(2)22(3,4)29-23(28-21)19-11-9-18(10-12-19)15-24-16-20(25)17-27-13-8-14-30(6,7)26-5;1-22-24(2,3)10-4-9-23-13-16(19)12-18-11-14-5-7-15(8-6-14)17(20)21;1-22-24(2,3)10-4-9-23-13-16(19)12-17-11-14-5-7-15(8-6-14)18(20)21;1-18-21(2,3)9-5-8-19-12-15(17)13-20-11-14-6-4-7-16-10-14;1-18-20(2,3)10-6-9-19-12-13(17)11-16-14-7-4-5-8-15-14;1-17-20(2,3)10-6-9-18-11-13(16)12-19-14-7-4-5-8-15-14/h9-12,20,24-25H,8,13-17H2,1-7H3;5-8,16,18-21H,4,9-13H2,1-3H3;5-8,16-17,19H,4,9-13H2,1-3H3;4,6-7,10,15,17H,5,8-9,11-13H2,1-3H3;4-5,7-8,13,17H,6,9-12H2,1-3H3,(H,15,16);4-5,7-8,13,16H,6,9-12H2,1-3H3. The average molecular weight is 2080 g/mol. The average Bonchev–Trinajstić information content (AvgIpc) is 1.62. The van der Waals surface area contributed by atoms with Gasteiger partial charge in [-0.3, -0.25) is 15.1 Å². The predicted molar refractivity (Wildman–Crippen MR) is 573 cm³/mol. The number of aliphatic hydroxyl groups is 6. The van der Waals surface area contributed by atoms with Gasteiger partial charge in [0, 0.05) is 171 Å². The number of aromatic nitrogens is 3. The molecule has 6 unspecified atom stereocenters. The molecule has 7 rings (SSSR count). The van der Waals surface area contributed by atoms with Crippen LogP contribution in [-0.4, -0.2) is 333 Å². The van der Waals surface area contributed by atoms with Crippen molar-refractivity contribution >= 4 is 98.3 Å². The lowest BCUT2D eigenvalue weighted by Crippen LogP contribution is -2.41. The molecule has 0 radical (unpaired) electrons. The van der Waals surface area contributed by atoms with Crippen molar-refractivity contribution in [2.75, 3.05) is 166 Å². The van der Waals surface area contributed by atoms with Crippen molar-refractivity contribution in [2.45, 2.75) is 260 Å². The maximum Gasteiger partial charge on any atom is 0.494 e. The minimum atomic E-state index is -1.52. The summed E-state index contributed by atoms with van der Waals surface area (Å²) in [6, 6.07) is 43.2. The molecule has 1 saturated heterocycles. The van der Waals surface area contributed by atoms with Gasteiger partial charge in [-0.1, -0.05) is 78.9 Å². The van der Waals surface area contributed by atoms with E-state index in [-0.39, 0.29) is 30.6 Å². The van der Waals surface area contributed by atoms with E-state index in [1.54, 1.807) is 103 Å². The minimum Gasteiger partial charge on any atom is -0.423 e. The molecule has 0 amide bonds. The minimum absolute atomic E-state index is 0.0758. The quantitative estimate of drug-likeness (QED) is 0.00555. The fourth-order valence-electron chi connectivity index (χ4n) is 12.4. The van der Waals surface area contributed by atoms with Crippen LogP contribution in [0.1, 0.15) is 88.5 Å². The zero-order chi connectivity index (χ0) is 104. The SMILES string of the molecule is CO[Si](C)(C)CCCOCC(O)CNCc1ccc(B(O)O)cc1.CO[Si](C)(C)CCCOCC(O)CNCc1ccc(B2OC(C)(C)C(C)(C)O2)cc1.CO[Si](C)(C)CCCOCC(O)CNCc1ccc([N+](=O)[O-])cc1.CO[Si](C)(C)CCCOCC(O)CNc1ccccn1.CO[Si](C)(C)CCCOCC(O)COCc1cccnc1.CO[Si](C)(C)CCCOCC(O)CSc1ccccn1. The molecule has 12 N–H and O–H groups in total. The normalized spacial score (nSPS) is 14.5. The van der Waals surface area contributed by atoms with Crippen LogP contribution in [0.2, 0.25) is 115 Å². The molecular weight excluding hydrogens is 1900 g/mol. The summed E-state index contributed by atoms with van der Waals surface area (Å²) in [5.41, 5.74) is 4.98. The van der Waals surface area contributed by atoms with E-state index in [0.29, 0.717) is 143 Å². The summed E-state index contributed by atoms with van der Waals surface area (Å²) >= 11 is 1.55. The lowest BCUT2D eigenvalue weighted by molar-refractivity contribution is -0.384. The van der Waals surface area contributed by atoms with Crippen LogP contribution >= 0.6 is 11.8 Å². The largest absolute Gasteiger partial charge is 0.494 e. The number of nitro benzene ring substituents is 1. The first-order valence-corrected chi connectivity index (χ1v) is 68.2. The summed E-state index contributed by atoms with van der Waals surface area (Å²) in [6.45, 7) is 44.8.